The first-order valence-corrected chi connectivity index (χ1v) is 19.8. The number of ketones is 2. The lowest BCUT2D eigenvalue weighted by atomic mass is 9.88. The van der Waals surface area contributed by atoms with Gasteiger partial charge in [-0.1, -0.05) is 29.9 Å². The first-order chi connectivity index (χ1) is 21.7. The summed E-state index contributed by atoms with van der Waals surface area (Å²) in [5, 5.41) is 16.6. The molecule has 0 aromatic heterocycles. The molecule has 17 nitrogen and oxygen atoms in total. The van der Waals surface area contributed by atoms with Gasteiger partial charge in [-0.15, -0.1) is 0 Å². The van der Waals surface area contributed by atoms with Crippen LogP contribution in [0.5, 0.6) is 0 Å². The second kappa shape index (κ2) is 23.2. The molecule has 0 aromatic rings. The fraction of sp³-hybridized carbons (Fsp3) is 0.720. The van der Waals surface area contributed by atoms with E-state index >= 15 is 0 Å². The van der Waals surface area contributed by atoms with Crippen molar-refractivity contribution in [3.8, 4) is 0 Å². The summed E-state index contributed by atoms with van der Waals surface area (Å²) in [6.07, 6.45) is 2.40. The maximum absolute atomic E-state index is 13.5. The number of guanidine groups is 1. The lowest BCUT2D eigenvalue weighted by Gasteiger charge is -2.42. The van der Waals surface area contributed by atoms with Gasteiger partial charge < -0.3 is 31.7 Å². The molecule has 4 amide bonds. The van der Waals surface area contributed by atoms with E-state index in [4.69, 9.17) is 11.3 Å². The molecule has 0 spiro atoms. The zero-order valence-electron chi connectivity index (χ0n) is 27.1. The van der Waals surface area contributed by atoms with Gasteiger partial charge in [0, 0.05) is 31.0 Å². The molecule has 0 bridgehead atoms. The average molecular weight is 756 g/mol. The number of fused-ring (bicyclic) bond motifs is 1. The minimum Gasteiger partial charge on any atom is -0.370 e. The van der Waals surface area contributed by atoms with Crippen LogP contribution in [-0.2, 0) is 28.8 Å². The standard InChI is InChI=1S/C24H44N8O6P4.CH3N3.H2S/c1-12-9-15-6-7-18(32(15)23(38)20(12)31-42(40)41)22(37)29-16(5-4-8-26-24(25)30-39)21(36)27-11-19(35)28-17(14(3)34)10-13(2)33;1-3-4-2;/h12,15-18,20,31H,4-11,39-41H2,1-3H3,(H,27,36)(H,28,35)(H,29,37)(H3,25,26,30);1H3;1H2/t12-,15+,16+,17+,18+,20-;;/m1../s1. The van der Waals surface area contributed by atoms with Crippen LogP contribution in [0.15, 0.2) is 10.1 Å². The van der Waals surface area contributed by atoms with Gasteiger partial charge in [0.05, 0.1) is 18.6 Å². The molecule has 0 radical (unpaired) electrons. The summed E-state index contributed by atoms with van der Waals surface area (Å²) in [6.45, 7) is 4.44. The monoisotopic (exact) mass is 755 g/mol. The van der Waals surface area contributed by atoms with Crippen LogP contribution < -0.4 is 31.9 Å². The highest BCUT2D eigenvalue weighted by Crippen LogP contribution is 2.50. The third kappa shape index (κ3) is 15.7. The first kappa shape index (κ1) is 44.8. The second-order valence-corrected chi connectivity index (χ2v) is 17.5. The molecule has 2 fully saturated rings. The first-order valence-electron chi connectivity index (χ1n) is 14.6. The predicted octanol–water partition coefficient (Wildman–Crippen LogP) is 0.489. The largest absolute Gasteiger partial charge is 0.370 e. The lowest BCUT2D eigenvalue weighted by Crippen LogP contribution is -2.61. The zero-order chi connectivity index (χ0) is 35.0. The Hall–Kier alpha value is -2.17. The molecular formula is C25H49N11O6P4S. The number of Topliss-reactive ketones (excluding diaryl/α,β-unsaturated/α-hetero) is 2. The van der Waals surface area contributed by atoms with E-state index in [0.29, 0.717) is 19.3 Å². The van der Waals surface area contributed by atoms with Crippen molar-refractivity contribution in [2.45, 2.75) is 89.5 Å². The van der Waals surface area contributed by atoms with Crippen LogP contribution in [-0.4, -0.2) is 96.4 Å². The predicted molar refractivity (Wildman–Crippen MR) is 198 cm³/mol. The van der Waals surface area contributed by atoms with E-state index in [0.717, 1.165) is 6.42 Å². The summed E-state index contributed by atoms with van der Waals surface area (Å²) in [7, 11) is 8.23. The number of rotatable bonds is 15. The Labute approximate surface area is 290 Å². The average Bonchev–Trinajstić information content (AvgIpc) is 3.42. The zero-order valence-corrected chi connectivity index (χ0v) is 32.4. The lowest BCUT2D eigenvalue weighted by molar-refractivity contribution is -0.146. The van der Waals surface area contributed by atoms with E-state index in [1.165, 1.54) is 20.9 Å². The molecule has 2 heterocycles. The van der Waals surface area contributed by atoms with Gasteiger partial charge in [0.25, 0.3) is 0 Å². The molecule has 2 saturated heterocycles. The van der Waals surface area contributed by atoms with Crippen molar-refractivity contribution in [2.24, 2.45) is 21.8 Å². The molecule has 0 aromatic carbocycles. The van der Waals surface area contributed by atoms with E-state index < -0.39 is 55.9 Å². The van der Waals surface area contributed by atoms with Crippen LogP contribution in [0.3, 0.4) is 0 Å². The van der Waals surface area contributed by atoms with Crippen molar-refractivity contribution < 1.29 is 28.8 Å². The Bertz CT molecular complexity index is 1190. The molecule has 2 aliphatic heterocycles. The molecule has 7 N–H and O–H groups in total. The highest BCUT2D eigenvalue weighted by Gasteiger charge is 2.49. The molecule has 2 aliphatic rings. The second-order valence-electron chi connectivity index (χ2n) is 11.0. The van der Waals surface area contributed by atoms with Gasteiger partial charge in [-0.3, -0.25) is 38.8 Å². The van der Waals surface area contributed by atoms with E-state index in [-0.39, 0.29) is 68.3 Å². The molecular weight excluding hydrogens is 706 g/mol. The van der Waals surface area contributed by atoms with Crippen LogP contribution in [0.4, 0.5) is 0 Å². The Kier molecular flexibility index (Phi) is 22.2. The van der Waals surface area contributed by atoms with Gasteiger partial charge in [-0.2, -0.15) is 13.5 Å². The number of amides is 4. The van der Waals surface area contributed by atoms with Crippen molar-refractivity contribution in [2.75, 3.05) is 20.1 Å². The van der Waals surface area contributed by atoms with Gasteiger partial charge in [-0.05, 0) is 74.2 Å². The molecule has 0 aliphatic carbocycles. The topological polar surface area (TPSA) is 253 Å². The van der Waals surface area contributed by atoms with Crippen molar-refractivity contribution in [1.29, 1.82) is 0 Å². The summed E-state index contributed by atoms with van der Waals surface area (Å²) in [4.78, 5) is 83.8. The highest BCUT2D eigenvalue weighted by molar-refractivity contribution is 8.42. The summed E-state index contributed by atoms with van der Waals surface area (Å²) in [5.74, 6) is -2.12. The quantitative estimate of drug-likeness (QED) is 0.0258. The van der Waals surface area contributed by atoms with Gasteiger partial charge >= 0.3 is 0 Å². The van der Waals surface area contributed by atoms with E-state index in [2.05, 4.69) is 68.4 Å². The number of nitrogens with two attached hydrogens (primary N) is 1. The Morgan fingerprint density at radius 2 is 1.79 bits per heavy atom. The van der Waals surface area contributed by atoms with Crippen molar-refractivity contribution in [3.05, 3.63) is 10.4 Å². The normalized spacial score (nSPS) is 21.4. The summed E-state index contributed by atoms with van der Waals surface area (Å²) in [5.41, 5.74) is 13.0. The van der Waals surface area contributed by atoms with Crippen LogP contribution in [0.1, 0.15) is 59.3 Å². The van der Waals surface area contributed by atoms with E-state index in [1.807, 2.05) is 6.92 Å². The molecule has 2 rings (SSSR count). The van der Waals surface area contributed by atoms with Crippen LogP contribution >= 0.6 is 48.2 Å². The molecule has 3 unspecified atom stereocenters. The fourth-order valence-corrected chi connectivity index (χ4v) is 6.96. The number of carbonyl (C=O) groups is 6. The van der Waals surface area contributed by atoms with E-state index in [9.17, 15) is 28.8 Å². The van der Waals surface area contributed by atoms with Crippen molar-refractivity contribution >= 4 is 89.3 Å². The summed E-state index contributed by atoms with van der Waals surface area (Å²) < 4.78 is 0. The van der Waals surface area contributed by atoms with Gasteiger partial charge in [0.2, 0.25) is 23.6 Å². The molecule has 9 atom stereocenters. The Morgan fingerprint density at radius 1 is 1.15 bits per heavy atom. The fourth-order valence-electron chi connectivity index (χ4n) is 5.21. The number of hydrogen-bond donors (Lipinski definition) is 6. The minimum absolute atomic E-state index is 0. The number of hydrogen-bond acceptors (Lipinski definition) is 9. The van der Waals surface area contributed by atoms with Gasteiger partial charge in [-0.25, -0.2) is 0 Å². The highest BCUT2D eigenvalue weighted by atomic mass is 32.4. The molecule has 47 heavy (non-hydrogen) atoms. The van der Waals surface area contributed by atoms with Crippen LogP contribution in [0.25, 0.3) is 10.4 Å². The van der Waals surface area contributed by atoms with Gasteiger partial charge in [0.1, 0.15) is 17.9 Å². The number of piperidine rings is 1. The Morgan fingerprint density at radius 3 is 2.32 bits per heavy atom. The molecule has 22 heteroatoms. The van der Waals surface area contributed by atoms with Crippen molar-refractivity contribution in [3.63, 3.8) is 0 Å². The number of azide groups is 1. The maximum atomic E-state index is 13.5. The van der Waals surface area contributed by atoms with Gasteiger partial charge in [0.15, 0.2) is 11.7 Å². The maximum Gasteiger partial charge on any atom is 0.243 e. The summed E-state index contributed by atoms with van der Waals surface area (Å²) in [6, 6.07) is -3.15. The van der Waals surface area contributed by atoms with E-state index in [1.54, 1.807) is 4.90 Å². The van der Waals surface area contributed by atoms with Crippen LogP contribution in [0, 0.1) is 5.92 Å². The molecule has 0 saturated carbocycles. The van der Waals surface area contributed by atoms with Crippen LogP contribution in [0.2, 0.25) is 0 Å². The van der Waals surface area contributed by atoms with Crippen molar-refractivity contribution in [1.82, 2.24) is 31.0 Å². The SMILES string of the molecule is CC(=O)C[C@H](NC(=O)CNC(=O)[C@H](CCCN=C(N)NP)NC(=O)[C@@H]1CC[C@H]2C[C@@H](C)[C@@H](NP(P)P)C(=O)N21)C(C)=O.CN=[N+]=[N-].S. The minimum atomic E-state index is -1.01. The molecule has 266 valence electrons. The number of nitrogens with zero attached hydrogens (tertiary/aromatic N) is 5. The summed E-state index contributed by atoms with van der Waals surface area (Å²) >= 11 is 0. The number of carbonyl (C=O) groups excluding carboxylic acids is 6. The third-order valence-corrected chi connectivity index (χ3v) is 9.14. The third-order valence-electron chi connectivity index (χ3n) is 7.37. The Balaban J connectivity index is 0.00000399. The number of aliphatic imine (C=N–C) groups is 1. The smallest absolute Gasteiger partial charge is 0.243 e. The number of nitrogens with one attached hydrogen (secondary N) is 5.